The molecule has 3 rings (SSSR count). The summed E-state index contributed by atoms with van der Waals surface area (Å²) in [5.41, 5.74) is 0.883. The maximum Gasteiger partial charge on any atom is 0.258 e. The molecule has 5 nitrogen and oxygen atoms in total. The fourth-order valence-corrected chi connectivity index (χ4v) is 2.28. The number of nitrogens with one attached hydrogen (secondary N) is 1. The molecule has 2 heterocycles. The van der Waals surface area contributed by atoms with Gasteiger partial charge in [-0.05, 0) is 34.1 Å². The number of ether oxygens (including phenoxy) is 2. The predicted octanol–water partition coefficient (Wildman–Crippen LogP) is 3.48. The van der Waals surface area contributed by atoms with Crippen LogP contribution in [0.3, 0.4) is 0 Å². The number of hydrogen-bond acceptors (Lipinski definition) is 4. The minimum atomic E-state index is -0.345. The molecule has 2 aromatic rings. The van der Waals surface area contributed by atoms with E-state index in [1.54, 1.807) is 24.3 Å². The van der Waals surface area contributed by atoms with E-state index in [-0.39, 0.29) is 17.9 Å². The number of carbonyl (C=O) groups excluding carboxylic acids is 1. The molecular formula is C13H8BrClN2O3. The number of fused-ring (bicyclic) bond motifs is 1. The van der Waals surface area contributed by atoms with Gasteiger partial charge in [0.25, 0.3) is 5.91 Å². The second kappa shape index (κ2) is 5.30. The van der Waals surface area contributed by atoms with Crippen LogP contribution in [0.4, 0.5) is 5.69 Å². The van der Waals surface area contributed by atoms with Gasteiger partial charge in [-0.3, -0.25) is 4.79 Å². The van der Waals surface area contributed by atoms with Crippen molar-refractivity contribution in [3.8, 4) is 11.5 Å². The Kier molecular flexibility index (Phi) is 3.50. The number of nitrogens with zero attached hydrogens (tertiary/aromatic N) is 1. The topological polar surface area (TPSA) is 60.5 Å². The molecule has 0 saturated heterocycles. The van der Waals surface area contributed by atoms with Crippen LogP contribution in [0, 0.1) is 0 Å². The van der Waals surface area contributed by atoms with Crippen molar-refractivity contribution in [2.24, 2.45) is 0 Å². The molecule has 7 heteroatoms. The number of carbonyl (C=O) groups is 1. The van der Waals surface area contributed by atoms with Gasteiger partial charge < -0.3 is 14.8 Å². The van der Waals surface area contributed by atoms with E-state index >= 15 is 0 Å². The standard InChI is InChI=1S/C13H8BrClN2O3/c14-7-3-9(12(15)16-5-7)13(18)17-8-1-2-10-11(4-8)20-6-19-10/h1-5H,6H2,(H,17,18). The van der Waals surface area contributed by atoms with Gasteiger partial charge in [0.05, 0.1) is 5.56 Å². The molecule has 1 N–H and O–H groups in total. The van der Waals surface area contributed by atoms with Crippen molar-refractivity contribution in [2.45, 2.75) is 0 Å². The Morgan fingerprint density at radius 2 is 2.10 bits per heavy atom. The molecule has 1 aliphatic heterocycles. The van der Waals surface area contributed by atoms with Crippen molar-refractivity contribution in [3.63, 3.8) is 0 Å². The van der Waals surface area contributed by atoms with Gasteiger partial charge in [0, 0.05) is 22.4 Å². The third kappa shape index (κ3) is 2.57. The number of rotatable bonds is 2. The highest BCUT2D eigenvalue weighted by molar-refractivity contribution is 9.10. The minimum absolute atomic E-state index is 0.145. The Morgan fingerprint density at radius 1 is 1.30 bits per heavy atom. The smallest absolute Gasteiger partial charge is 0.258 e. The highest BCUT2D eigenvalue weighted by Crippen LogP contribution is 2.34. The average Bonchev–Trinajstić information content (AvgIpc) is 2.89. The van der Waals surface area contributed by atoms with E-state index in [9.17, 15) is 4.79 Å². The molecule has 1 aromatic carbocycles. The molecule has 0 atom stereocenters. The Labute approximate surface area is 128 Å². The Balaban J connectivity index is 1.84. The second-order valence-corrected chi connectivity index (χ2v) is 5.29. The Morgan fingerprint density at radius 3 is 2.95 bits per heavy atom. The van der Waals surface area contributed by atoms with E-state index in [2.05, 4.69) is 26.2 Å². The summed E-state index contributed by atoms with van der Waals surface area (Å²) in [6.45, 7) is 0.189. The number of anilines is 1. The summed E-state index contributed by atoms with van der Waals surface area (Å²) in [6.07, 6.45) is 1.53. The van der Waals surface area contributed by atoms with Crippen LogP contribution in [0.1, 0.15) is 10.4 Å². The van der Waals surface area contributed by atoms with E-state index < -0.39 is 0 Å². The summed E-state index contributed by atoms with van der Waals surface area (Å²) >= 11 is 9.17. The first-order valence-electron chi connectivity index (χ1n) is 5.65. The average molecular weight is 356 g/mol. The van der Waals surface area contributed by atoms with Gasteiger partial charge in [-0.1, -0.05) is 11.6 Å². The van der Waals surface area contributed by atoms with Crippen LogP contribution in [-0.4, -0.2) is 17.7 Å². The number of benzene rings is 1. The van der Waals surface area contributed by atoms with Crippen molar-refractivity contribution >= 4 is 39.1 Å². The van der Waals surface area contributed by atoms with Crippen molar-refractivity contribution in [1.82, 2.24) is 4.98 Å². The number of aromatic nitrogens is 1. The van der Waals surface area contributed by atoms with Gasteiger partial charge in [0.1, 0.15) is 5.15 Å². The van der Waals surface area contributed by atoms with Crippen molar-refractivity contribution in [1.29, 1.82) is 0 Å². The van der Waals surface area contributed by atoms with Crippen LogP contribution >= 0.6 is 27.5 Å². The van der Waals surface area contributed by atoms with Gasteiger partial charge in [-0.15, -0.1) is 0 Å². The maximum atomic E-state index is 12.2. The lowest BCUT2D eigenvalue weighted by Crippen LogP contribution is -2.13. The molecule has 0 aliphatic carbocycles. The lowest BCUT2D eigenvalue weighted by molar-refractivity contribution is 0.102. The fourth-order valence-electron chi connectivity index (χ4n) is 1.75. The summed E-state index contributed by atoms with van der Waals surface area (Å²) in [5, 5.41) is 2.88. The van der Waals surface area contributed by atoms with Gasteiger partial charge in [-0.2, -0.15) is 0 Å². The summed E-state index contributed by atoms with van der Waals surface area (Å²) < 4.78 is 11.1. The van der Waals surface area contributed by atoms with Crippen molar-refractivity contribution in [3.05, 3.63) is 45.7 Å². The predicted molar refractivity (Wildman–Crippen MR) is 77.5 cm³/mol. The van der Waals surface area contributed by atoms with Crippen LogP contribution in [0.25, 0.3) is 0 Å². The van der Waals surface area contributed by atoms with Crippen LogP contribution < -0.4 is 14.8 Å². The summed E-state index contributed by atoms with van der Waals surface area (Å²) in [7, 11) is 0. The van der Waals surface area contributed by atoms with Crippen LogP contribution in [0.5, 0.6) is 11.5 Å². The van der Waals surface area contributed by atoms with Crippen molar-refractivity contribution in [2.75, 3.05) is 12.1 Å². The number of amides is 1. The summed E-state index contributed by atoms with van der Waals surface area (Å²) in [5.74, 6) is 0.911. The summed E-state index contributed by atoms with van der Waals surface area (Å²) in [6, 6.07) is 6.76. The zero-order valence-corrected chi connectivity index (χ0v) is 12.4. The van der Waals surface area contributed by atoms with Crippen molar-refractivity contribution < 1.29 is 14.3 Å². The highest BCUT2D eigenvalue weighted by atomic mass is 79.9. The molecular weight excluding hydrogens is 348 g/mol. The molecule has 102 valence electrons. The van der Waals surface area contributed by atoms with E-state index in [4.69, 9.17) is 21.1 Å². The minimum Gasteiger partial charge on any atom is -0.454 e. The van der Waals surface area contributed by atoms with Gasteiger partial charge in [-0.25, -0.2) is 4.98 Å². The van der Waals surface area contributed by atoms with E-state index in [1.807, 2.05) is 0 Å². The molecule has 20 heavy (non-hydrogen) atoms. The van der Waals surface area contributed by atoms with Crippen LogP contribution in [0.2, 0.25) is 5.15 Å². The molecule has 0 unspecified atom stereocenters. The van der Waals surface area contributed by atoms with E-state index in [1.165, 1.54) is 6.20 Å². The maximum absolute atomic E-state index is 12.2. The molecule has 1 amide bonds. The largest absolute Gasteiger partial charge is 0.454 e. The molecule has 0 saturated carbocycles. The molecule has 1 aromatic heterocycles. The first-order chi connectivity index (χ1) is 9.63. The van der Waals surface area contributed by atoms with E-state index in [0.717, 1.165) is 0 Å². The second-order valence-electron chi connectivity index (χ2n) is 4.01. The molecule has 0 fully saturated rings. The van der Waals surface area contributed by atoms with Gasteiger partial charge >= 0.3 is 0 Å². The Bertz CT molecular complexity index is 693. The van der Waals surface area contributed by atoms with Gasteiger partial charge in [0.2, 0.25) is 6.79 Å². The Hall–Kier alpha value is -1.79. The summed E-state index contributed by atoms with van der Waals surface area (Å²) in [4.78, 5) is 16.1. The quantitative estimate of drug-likeness (QED) is 0.838. The lowest BCUT2D eigenvalue weighted by atomic mass is 10.2. The van der Waals surface area contributed by atoms with E-state index in [0.29, 0.717) is 27.2 Å². The first-order valence-corrected chi connectivity index (χ1v) is 6.82. The monoisotopic (exact) mass is 354 g/mol. The zero-order valence-electron chi connectivity index (χ0n) is 10.0. The first kappa shape index (κ1) is 13.2. The highest BCUT2D eigenvalue weighted by Gasteiger charge is 2.16. The zero-order chi connectivity index (χ0) is 14.1. The number of hydrogen-bond donors (Lipinski definition) is 1. The van der Waals surface area contributed by atoms with Crippen LogP contribution in [-0.2, 0) is 0 Å². The van der Waals surface area contributed by atoms with Gasteiger partial charge in [0.15, 0.2) is 11.5 Å². The van der Waals surface area contributed by atoms with Crippen LogP contribution in [0.15, 0.2) is 34.9 Å². The normalized spacial score (nSPS) is 12.3. The molecule has 0 bridgehead atoms. The lowest BCUT2D eigenvalue weighted by Gasteiger charge is -2.07. The molecule has 0 radical (unpaired) electrons. The third-order valence-corrected chi connectivity index (χ3v) is 3.42. The fraction of sp³-hybridized carbons (Fsp3) is 0.0769. The molecule has 1 aliphatic rings. The number of pyridine rings is 1. The third-order valence-electron chi connectivity index (χ3n) is 2.68. The molecule has 0 spiro atoms. The SMILES string of the molecule is O=C(Nc1ccc2c(c1)OCO2)c1cc(Br)cnc1Cl. The number of halogens is 2.